The van der Waals surface area contributed by atoms with Crippen LogP contribution in [-0.4, -0.2) is 23.2 Å². The van der Waals surface area contributed by atoms with Crippen LogP contribution in [-0.2, 0) is 4.79 Å². The first-order valence-corrected chi connectivity index (χ1v) is 9.96. The summed E-state index contributed by atoms with van der Waals surface area (Å²) in [6.45, 7) is 1.77. The molecular formula is C22H16N2O6S. The van der Waals surface area contributed by atoms with Crippen LogP contribution in [0.2, 0.25) is 0 Å². The van der Waals surface area contributed by atoms with Crippen molar-refractivity contribution < 1.29 is 23.7 Å². The Morgan fingerprint density at radius 1 is 1.13 bits per heavy atom. The summed E-state index contributed by atoms with van der Waals surface area (Å²) in [5.41, 5.74) is 1.42. The molecule has 1 fully saturated rings. The van der Waals surface area contributed by atoms with E-state index < -0.39 is 16.1 Å². The van der Waals surface area contributed by atoms with Crippen LogP contribution in [0.4, 0.5) is 16.2 Å². The molecule has 0 atom stereocenters. The number of nitro groups is 1. The van der Waals surface area contributed by atoms with E-state index in [4.69, 9.17) is 9.15 Å². The zero-order valence-electron chi connectivity index (χ0n) is 16.5. The predicted molar refractivity (Wildman–Crippen MR) is 117 cm³/mol. The monoisotopic (exact) mass is 436 g/mol. The minimum Gasteiger partial charge on any atom is -0.497 e. The van der Waals surface area contributed by atoms with Crippen LogP contribution in [0.15, 0.2) is 63.9 Å². The summed E-state index contributed by atoms with van der Waals surface area (Å²) in [5.74, 6) is 0.643. The fourth-order valence-corrected chi connectivity index (χ4v) is 3.97. The Kier molecular flexibility index (Phi) is 5.35. The standard InChI is InChI=1S/C22H16N2O6S/c1-13-6-8-17(18(10-13)24(27)28)19-9-7-16(30-19)12-20-21(25)23(22(26)31-20)14-4-3-5-15(11-14)29-2/h3-12H,1-2H3/b20-12+. The number of carbonyl (C=O) groups is 2. The highest BCUT2D eigenvalue weighted by atomic mass is 32.2. The Balaban J connectivity index is 1.64. The number of hydrogen-bond acceptors (Lipinski definition) is 7. The molecule has 0 unspecified atom stereocenters. The smallest absolute Gasteiger partial charge is 0.298 e. The number of aryl methyl sites for hydroxylation is 1. The van der Waals surface area contributed by atoms with Crippen molar-refractivity contribution in [2.75, 3.05) is 12.0 Å². The van der Waals surface area contributed by atoms with Crippen molar-refractivity contribution in [1.82, 2.24) is 0 Å². The van der Waals surface area contributed by atoms with Gasteiger partial charge in [0.05, 0.1) is 28.2 Å². The van der Waals surface area contributed by atoms with Crippen molar-refractivity contribution in [2.45, 2.75) is 6.92 Å². The second kappa shape index (κ2) is 8.11. The van der Waals surface area contributed by atoms with Crippen molar-refractivity contribution in [3.05, 3.63) is 80.9 Å². The minimum atomic E-state index is -0.484. The van der Waals surface area contributed by atoms with Crippen molar-refractivity contribution in [3.8, 4) is 17.1 Å². The largest absolute Gasteiger partial charge is 0.497 e. The second-order valence-corrected chi connectivity index (χ2v) is 7.69. The molecular weight excluding hydrogens is 420 g/mol. The number of carbonyl (C=O) groups excluding carboxylic acids is 2. The summed E-state index contributed by atoms with van der Waals surface area (Å²) < 4.78 is 10.9. The summed E-state index contributed by atoms with van der Waals surface area (Å²) in [7, 11) is 1.50. The summed E-state index contributed by atoms with van der Waals surface area (Å²) >= 11 is 0.789. The van der Waals surface area contributed by atoms with E-state index in [-0.39, 0.29) is 10.6 Å². The van der Waals surface area contributed by atoms with Crippen LogP contribution in [0.1, 0.15) is 11.3 Å². The first kappa shape index (κ1) is 20.4. The molecule has 3 aromatic rings. The van der Waals surface area contributed by atoms with Crippen molar-refractivity contribution in [2.24, 2.45) is 0 Å². The highest BCUT2D eigenvalue weighted by Gasteiger charge is 2.36. The van der Waals surface area contributed by atoms with E-state index in [2.05, 4.69) is 0 Å². The zero-order valence-corrected chi connectivity index (χ0v) is 17.3. The maximum absolute atomic E-state index is 12.8. The van der Waals surface area contributed by atoms with Gasteiger partial charge < -0.3 is 9.15 Å². The van der Waals surface area contributed by atoms with E-state index in [1.54, 1.807) is 55.5 Å². The molecule has 1 aliphatic rings. The lowest BCUT2D eigenvalue weighted by Crippen LogP contribution is -2.27. The summed E-state index contributed by atoms with van der Waals surface area (Å²) in [5, 5.41) is 10.9. The Hall–Kier alpha value is -3.85. The third-order valence-corrected chi connectivity index (χ3v) is 5.49. The van der Waals surface area contributed by atoms with Crippen LogP contribution >= 0.6 is 11.8 Å². The van der Waals surface area contributed by atoms with Gasteiger partial charge >= 0.3 is 0 Å². The topological polar surface area (TPSA) is 103 Å². The van der Waals surface area contributed by atoms with E-state index in [0.717, 1.165) is 22.2 Å². The molecule has 9 heteroatoms. The Bertz CT molecular complexity index is 1250. The van der Waals surface area contributed by atoms with Crippen LogP contribution in [0.3, 0.4) is 0 Å². The van der Waals surface area contributed by atoms with Crippen LogP contribution in [0.5, 0.6) is 5.75 Å². The van der Waals surface area contributed by atoms with E-state index in [9.17, 15) is 19.7 Å². The number of hydrogen-bond donors (Lipinski definition) is 0. The highest BCUT2D eigenvalue weighted by Crippen LogP contribution is 2.38. The number of thioether (sulfide) groups is 1. The molecule has 0 saturated carbocycles. The Labute approximate surface area is 181 Å². The second-order valence-electron chi connectivity index (χ2n) is 6.70. The maximum atomic E-state index is 12.8. The third kappa shape index (κ3) is 3.95. The Morgan fingerprint density at radius 3 is 2.68 bits per heavy atom. The lowest BCUT2D eigenvalue weighted by molar-refractivity contribution is -0.384. The molecule has 1 aliphatic heterocycles. The average Bonchev–Trinajstić information content (AvgIpc) is 3.32. The van der Waals surface area contributed by atoms with Crippen molar-refractivity contribution >= 4 is 40.4 Å². The summed E-state index contributed by atoms with van der Waals surface area (Å²) in [4.78, 5) is 37.4. The molecule has 0 N–H and O–H groups in total. The molecule has 2 amide bonds. The first-order chi connectivity index (χ1) is 14.9. The van der Waals surface area contributed by atoms with E-state index >= 15 is 0 Å². The van der Waals surface area contributed by atoms with Gasteiger partial charge in [0, 0.05) is 18.2 Å². The molecule has 2 aromatic carbocycles. The molecule has 31 heavy (non-hydrogen) atoms. The number of benzene rings is 2. The maximum Gasteiger partial charge on any atom is 0.298 e. The molecule has 0 radical (unpaired) electrons. The van der Waals surface area contributed by atoms with Gasteiger partial charge in [-0.1, -0.05) is 12.1 Å². The van der Waals surface area contributed by atoms with Crippen LogP contribution in [0, 0.1) is 17.0 Å². The molecule has 0 spiro atoms. The van der Waals surface area contributed by atoms with Crippen LogP contribution in [0.25, 0.3) is 17.4 Å². The van der Waals surface area contributed by atoms with Gasteiger partial charge in [-0.25, -0.2) is 4.90 Å². The van der Waals surface area contributed by atoms with E-state index in [1.165, 1.54) is 19.3 Å². The number of rotatable bonds is 5. The highest BCUT2D eigenvalue weighted by molar-refractivity contribution is 8.19. The number of nitro benzene ring substituents is 1. The Morgan fingerprint density at radius 2 is 1.94 bits per heavy atom. The quantitative estimate of drug-likeness (QED) is 0.299. The number of imide groups is 1. The molecule has 0 aliphatic carbocycles. The van der Waals surface area contributed by atoms with Gasteiger partial charge in [-0.05, 0) is 54.6 Å². The third-order valence-electron chi connectivity index (χ3n) is 4.62. The number of anilines is 1. The fraction of sp³-hybridized carbons (Fsp3) is 0.0909. The van der Waals surface area contributed by atoms with E-state index in [1.807, 2.05) is 0 Å². The summed E-state index contributed by atoms with van der Waals surface area (Å²) in [6, 6.07) is 14.7. The number of nitrogens with zero attached hydrogens (tertiary/aromatic N) is 2. The first-order valence-electron chi connectivity index (χ1n) is 9.14. The van der Waals surface area contributed by atoms with Crippen LogP contribution < -0.4 is 9.64 Å². The summed E-state index contributed by atoms with van der Waals surface area (Å²) in [6.07, 6.45) is 1.45. The molecule has 1 saturated heterocycles. The van der Waals surface area contributed by atoms with Gasteiger partial charge in [-0.3, -0.25) is 19.7 Å². The molecule has 0 bridgehead atoms. The fourth-order valence-electron chi connectivity index (χ4n) is 3.15. The lowest BCUT2D eigenvalue weighted by Gasteiger charge is -2.13. The SMILES string of the molecule is COc1cccc(N2C(=O)S/C(=C/c3ccc(-c4ccc(C)cc4[N+](=O)[O-])o3)C2=O)c1. The lowest BCUT2D eigenvalue weighted by atomic mass is 10.1. The normalized spacial score (nSPS) is 15.0. The number of furan rings is 1. The van der Waals surface area contributed by atoms with Gasteiger partial charge in [0.1, 0.15) is 17.3 Å². The average molecular weight is 436 g/mol. The van der Waals surface area contributed by atoms with Gasteiger partial charge in [-0.15, -0.1) is 0 Å². The van der Waals surface area contributed by atoms with Gasteiger partial charge in [0.15, 0.2) is 0 Å². The predicted octanol–water partition coefficient (Wildman–Crippen LogP) is 5.41. The van der Waals surface area contributed by atoms with Gasteiger partial charge in [-0.2, -0.15) is 0 Å². The molecule has 4 rings (SSSR count). The molecule has 2 heterocycles. The number of ether oxygens (including phenoxy) is 1. The van der Waals surface area contributed by atoms with E-state index in [0.29, 0.717) is 28.5 Å². The molecule has 1 aromatic heterocycles. The molecule has 8 nitrogen and oxygen atoms in total. The van der Waals surface area contributed by atoms with Gasteiger partial charge in [0.2, 0.25) is 0 Å². The molecule has 156 valence electrons. The van der Waals surface area contributed by atoms with Gasteiger partial charge in [0.25, 0.3) is 16.8 Å². The number of amides is 2. The van der Waals surface area contributed by atoms with Crippen molar-refractivity contribution in [1.29, 1.82) is 0 Å². The minimum absolute atomic E-state index is 0.0701. The zero-order chi connectivity index (χ0) is 22.1. The number of methoxy groups -OCH3 is 1. The van der Waals surface area contributed by atoms with Crippen molar-refractivity contribution in [3.63, 3.8) is 0 Å².